The van der Waals surface area contributed by atoms with Gasteiger partial charge in [0.2, 0.25) is 0 Å². The van der Waals surface area contributed by atoms with Crippen LogP contribution >= 0.6 is 0 Å². The number of carboxylic acid groups (broad SMARTS) is 2. The first-order chi connectivity index (χ1) is 14.6. The lowest BCUT2D eigenvalue weighted by Crippen LogP contribution is -2.43. The van der Waals surface area contributed by atoms with Crippen molar-refractivity contribution in [2.75, 3.05) is 13.1 Å². The molecule has 1 aliphatic heterocycles. The Bertz CT molecular complexity index is 754. The zero-order valence-electron chi connectivity index (χ0n) is 16.9. The summed E-state index contributed by atoms with van der Waals surface area (Å²) in [6, 6.07) is 3.35. The van der Waals surface area contributed by atoms with Crippen molar-refractivity contribution in [1.29, 1.82) is 0 Å². The van der Waals surface area contributed by atoms with E-state index < -0.39 is 29.5 Å². The van der Waals surface area contributed by atoms with E-state index in [-0.39, 0.29) is 18.2 Å². The van der Waals surface area contributed by atoms with Crippen LogP contribution in [0.25, 0.3) is 0 Å². The van der Waals surface area contributed by atoms with E-state index in [1.54, 1.807) is 0 Å². The molecule has 3 N–H and O–H groups in total. The van der Waals surface area contributed by atoms with Gasteiger partial charge in [0.1, 0.15) is 5.82 Å². The molecule has 1 saturated heterocycles. The predicted octanol–water partition coefficient (Wildman–Crippen LogP) is 3.66. The van der Waals surface area contributed by atoms with Crippen LogP contribution in [0.5, 0.6) is 0 Å². The van der Waals surface area contributed by atoms with Crippen molar-refractivity contribution < 1.29 is 37.4 Å². The molecule has 1 aromatic rings. The number of alkyl halides is 3. The SMILES string of the molecule is Fc1ccc(C(F)(F)F)c(CN(C2CCCC2)[C@H]2CCNC2)c1.O=C(O)C=CC(=O)O. The molecule has 0 amide bonds. The van der Waals surface area contributed by atoms with E-state index in [4.69, 9.17) is 10.2 Å². The number of aliphatic carboxylic acids is 2. The number of nitrogens with one attached hydrogen (secondary N) is 1. The van der Waals surface area contributed by atoms with Gasteiger partial charge in [-0.05, 0) is 49.6 Å². The number of carboxylic acids is 2. The Kier molecular flexibility index (Phi) is 9.00. The van der Waals surface area contributed by atoms with Crippen LogP contribution in [0.3, 0.4) is 0 Å². The van der Waals surface area contributed by atoms with Gasteiger partial charge >= 0.3 is 18.1 Å². The normalized spacial score (nSPS) is 19.6. The largest absolute Gasteiger partial charge is 0.478 e. The summed E-state index contributed by atoms with van der Waals surface area (Å²) in [4.78, 5) is 21.3. The fourth-order valence-corrected chi connectivity index (χ4v) is 4.02. The second-order valence-corrected chi connectivity index (χ2v) is 7.57. The molecular formula is C21H26F4N2O4. The van der Waals surface area contributed by atoms with Gasteiger partial charge in [0, 0.05) is 37.3 Å². The molecule has 1 heterocycles. The van der Waals surface area contributed by atoms with E-state index in [1.807, 2.05) is 0 Å². The molecule has 0 radical (unpaired) electrons. The van der Waals surface area contributed by atoms with Gasteiger partial charge in [0.05, 0.1) is 5.56 Å². The Morgan fingerprint density at radius 1 is 1.06 bits per heavy atom. The number of hydrogen-bond acceptors (Lipinski definition) is 4. The van der Waals surface area contributed by atoms with Crippen LogP contribution in [0, 0.1) is 5.82 Å². The van der Waals surface area contributed by atoms with Crippen molar-refractivity contribution in [2.45, 2.75) is 56.9 Å². The van der Waals surface area contributed by atoms with Gasteiger partial charge in [0.15, 0.2) is 0 Å². The maximum Gasteiger partial charge on any atom is 0.416 e. The summed E-state index contributed by atoms with van der Waals surface area (Å²) in [5.74, 6) is -3.12. The average molecular weight is 446 g/mol. The highest BCUT2D eigenvalue weighted by Gasteiger charge is 2.36. The van der Waals surface area contributed by atoms with Crippen molar-refractivity contribution in [3.05, 3.63) is 47.3 Å². The van der Waals surface area contributed by atoms with E-state index in [9.17, 15) is 27.2 Å². The maximum absolute atomic E-state index is 13.5. The molecule has 2 fully saturated rings. The molecule has 0 unspecified atom stereocenters. The molecule has 0 aromatic heterocycles. The molecule has 0 bridgehead atoms. The van der Waals surface area contributed by atoms with Crippen LogP contribution in [0.4, 0.5) is 17.6 Å². The first-order valence-corrected chi connectivity index (χ1v) is 10.0. The third-order valence-corrected chi connectivity index (χ3v) is 5.39. The average Bonchev–Trinajstić information content (AvgIpc) is 3.38. The molecular weight excluding hydrogens is 420 g/mol. The monoisotopic (exact) mass is 446 g/mol. The first kappa shape index (κ1) is 24.8. The maximum atomic E-state index is 13.5. The Hall–Kier alpha value is -2.46. The van der Waals surface area contributed by atoms with Gasteiger partial charge in [-0.15, -0.1) is 0 Å². The van der Waals surface area contributed by atoms with Crippen molar-refractivity contribution in [2.24, 2.45) is 0 Å². The van der Waals surface area contributed by atoms with Crippen LogP contribution in [0.1, 0.15) is 43.2 Å². The molecule has 10 heteroatoms. The second kappa shape index (κ2) is 11.2. The summed E-state index contributed by atoms with van der Waals surface area (Å²) in [5.41, 5.74) is -0.663. The quantitative estimate of drug-likeness (QED) is 0.457. The Morgan fingerprint density at radius 3 is 2.16 bits per heavy atom. The Labute approximate surface area is 177 Å². The molecule has 1 aromatic carbocycles. The summed E-state index contributed by atoms with van der Waals surface area (Å²) in [6.07, 6.45) is 1.89. The highest BCUT2D eigenvalue weighted by Crippen LogP contribution is 2.35. The lowest BCUT2D eigenvalue weighted by Gasteiger charge is -2.34. The van der Waals surface area contributed by atoms with Gasteiger partial charge in [-0.25, -0.2) is 14.0 Å². The molecule has 1 atom stereocenters. The fourth-order valence-electron chi connectivity index (χ4n) is 4.02. The van der Waals surface area contributed by atoms with Gasteiger partial charge < -0.3 is 15.5 Å². The molecule has 0 spiro atoms. The van der Waals surface area contributed by atoms with Gasteiger partial charge in [-0.3, -0.25) is 4.90 Å². The van der Waals surface area contributed by atoms with E-state index in [2.05, 4.69) is 10.2 Å². The molecule has 2 aliphatic rings. The van der Waals surface area contributed by atoms with Gasteiger partial charge in [0.25, 0.3) is 0 Å². The zero-order valence-corrected chi connectivity index (χ0v) is 16.9. The standard InChI is InChI=1S/C17H22F4N2.C4H4O4/c18-13-5-6-16(17(19,20)21)12(9-13)11-23(14-3-1-2-4-14)15-7-8-22-10-15;5-3(6)1-2-4(7)8/h5-6,9,14-15,22H,1-4,7-8,10-11H2;1-2H,(H,5,6)(H,7,8)/t15-;/m0./s1. The van der Waals surface area contributed by atoms with Gasteiger partial charge in [-0.2, -0.15) is 13.2 Å². The minimum atomic E-state index is -4.45. The summed E-state index contributed by atoms with van der Waals surface area (Å²) in [6.45, 7) is 1.86. The predicted molar refractivity (Wildman–Crippen MR) is 105 cm³/mol. The third kappa shape index (κ3) is 7.95. The van der Waals surface area contributed by atoms with Crippen molar-refractivity contribution >= 4 is 11.9 Å². The van der Waals surface area contributed by atoms with Crippen LogP contribution in [0.2, 0.25) is 0 Å². The molecule has 3 rings (SSSR count). The summed E-state index contributed by atoms with van der Waals surface area (Å²) in [5, 5.41) is 18.9. The van der Waals surface area contributed by atoms with E-state index in [1.165, 1.54) is 0 Å². The molecule has 31 heavy (non-hydrogen) atoms. The van der Waals surface area contributed by atoms with Crippen LogP contribution < -0.4 is 5.32 Å². The Balaban J connectivity index is 0.000000366. The zero-order chi connectivity index (χ0) is 23.0. The lowest BCUT2D eigenvalue weighted by atomic mass is 10.0. The van der Waals surface area contributed by atoms with Crippen molar-refractivity contribution in [1.82, 2.24) is 10.2 Å². The number of rotatable bonds is 6. The van der Waals surface area contributed by atoms with Crippen LogP contribution in [-0.4, -0.2) is 52.2 Å². The highest BCUT2D eigenvalue weighted by molar-refractivity contribution is 5.89. The Morgan fingerprint density at radius 2 is 1.68 bits per heavy atom. The number of hydrogen-bond donors (Lipinski definition) is 3. The molecule has 1 aliphatic carbocycles. The lowest BCUT2D eigenvalue weighted by molar-refractivity contribution is -0.138. The van der Waals surface area contributed by atoms with Gasteiger partial charge in [-0.1, -0.05) is 12.8 Å². The number of carbonyl (C=O) groups is 2. The van der Waals surface area contributed by atoms with E-state index in [0.717, 1.165) is 63.4 Å². The second-order valence-electron chi connectivity index (χ2n) is 7.57. The van der Waals surface area contributed by atoms with Crippen LogP contribution in [0.15, 0.2) is 30.4 Å². The number of benzene rings is 1. The minimum Gasteiger partial charge on any atom is -0.478 e. The number of halogens is 4. The first-order valence-electron chi connectivity index (χ1n) is 10.0. The van der Waals surface area contributed by atoms with E-state index >= 15 is 0 Å². The molecule has 172 valence electrons. The summed E-state index contributed by atoms with van der Waals surface area (Å²) >= 11 is 0. The highest BCUT2D eigenvalue weighted by atomic mass is 19.4. The summed E-state index contributed by atoms with van der Waals surface area (Å²) in [7, 11) is 0. The minimum absolute atomic E-state index is 0.0521. The number of nitrogens with zero attached hydrogens (tertiary/aromatic N) is 1. The smallest absolute Gasteiger partial charge is 0.416 e. The molecule has 6 nitrogen and oxygen atoms in total. The van der Waals surface area contributed by atoms with E-state index in [0.29, 0.717) is 18.2 Å². The van der Waals surface area contributed by atoms with Crippen molar-refractivity contribution in [3.63, 3.8) is 0 Å². The fraction of sp³-hybridized carbons (Fsp3) is 0.524. The van der Waals surface area contributed by atoms with Crippen molar-refractivity contribution in [3.8, 4) is 0 Å². The topological polar surface area (TPSA) is 89.9 Å². The summed E-state index contributed by atoms with van der Waals surface area (Å²) < 4.78 is 53.2. The third-order valence-electron chi connectivity index (χ3n) is 5.39. The molecule has 1 saturated carbocycles. The van der Waals surface area contributed by atoms with Crippen LogP contribution in [-0.2, 0) is 22.3 Å².